The predicted octanol–water partition coefficient (Wildman–Crippen LogP) is -0.0358. The molecule has 0 saturated carbocycles. The Hall–Kier alpha value is 0.417. The third kappa shape index (κ3) is 27.9. The van der Waals surface area contributed by atoms with Gasteiger partial charge in [0.15, 0.2) is 0 Å². The van der Waals surface area contributed by atoms with E-state index in [1.807, 2.05) is 0 Å². The third-order valence-corrected chi connectivity index (χ3v) is 0. The van der Waals surface area contributed by atoms with Crippen LogP contribution in [0.2, 0.25) is 0 Å². The van der Waals surface area contributed by atoms with Crippen LogP contribution in [0.3, 0.4) is 0 Å². The van der Waals surface area contributed by atoms with E-state index in [-0.39, 0.29) is 24.6 Å². The molecule has 1 radical (unpaired) electrons. The second-order valence-electron chi connectivity index (χ2n) is 0.0714. The summed E-state index contributed by atoms with van der Waals surface area (Å²) in [6.07, 6.45) is 0. The summed E-state index contributed by atoms with van der Waals surface area (Å²) >= 11 is 0. The molecule has 0 spiro atoms. The topological polar surface area (TPSA) is 12.0 Å². The summed E-state index contributed by atoms with van der Waals surface area (Å²) in [5, 5.41) is 0. The maximum atomic E-state index is 9.38. The Morgan fingerprint density at radius 1 is 1.25 bits per heavy atom. The van der Waals surface area contributed by atoms with Crippen molar-refractivity contribution in [1.29, 1.82) is 0 Å². The van der Waals surface area contributed by atoms with Crippen LogP contribution in [0.15, 0.2) is 0 Å². The van der Waals surface area contributed by atoms with Gasteiger partial charge in [-0.05, 0) is 0 Å². The van der Waals surface area contributed by atoms with Crippen molar-refractivity contribution < 1.29 is 8.96 Å². The molecule has 0 aromatic carbocycles. The second-order valence-corrected chi connectivity index (χ2v) is 0.0714. The molecule has 0 unspecified atom stereocenters. The third-order valence-electron chi connectivity index (χ3n) is 0. The SMILES string of the molecule is FNF.[Li]. The first-order chi connectivity index (χ1) is 1.41. The second kappa shape index (κ2) is 9.94. The largest absolute Gasteiger partial charge is 0.105 e. The van der Waals surface area contributed by atoms with Gasteiger partial charge in [0.1, 0.15) is 0 Å². The molecule has 0 fully saturated rings. The summed E-state index contributed by atoms with van der Waals surface area (Å²) < 4.78 is 18.8. The van der Waals surface area contributed by atoms with E-state index < -0.39 is 0 Å². The van der Waals surface area contributed by atoms with Gasteiger partial charge < -0.3 is 0 Å². The molecule has 0 heterocycles. The summed E-state index contributed by atoms with van der Waals surface area (Å²) in [4.78, 5) is 0. The van der Waals surface area contributed by atoms with Crippen molar-refractivity contribution in [2.75, 3.05) is 0 Å². The molecule has 0 amide bonds. The summed E-state index contributed by atoms with van der Waals surface area (Å²) in [7, 11) is 0. The van der Waals surface area contributed by atoms with Crippen molar-refractivity contribution in [2.24, 2.45) is 0 Å². The van der Waals surface area contributed by atoms with Crippen LogP contribution < -0.4 is 5.76 Å². The molecule has 0 saturated heterocycles. The zero-order valence-corrected chi connectivity index (χ0v) is 2.26. The molecule has 0 atom stereocenters. The number of rotatable bonds is 0. The monoisotopic (exact) mass is 60.0 g/mol. The van der Waals surface area contributed by atoms with Gasteiger partial charge in [0.05, 0.1) is 0 Å². The molecule has 1 nitrogen and oxygen atoms in total. The molecule has 0 aromatic heterocycles. The first-order valence-electron chi connectivity index (χ1n) is 0.378. The Balaban J connectivity index is 0. The quantitative estimate of drug-likeness (QED) is 0.305. The minimum atomic E-state index is -0.250. The van der Waals surface area contributed by atoms with Crippen LogP contribution in [0, 0.1) is 0 Å². The van der Waals surface area contributed by atoms with Gasteiger partial charge >= 0.3 is 0 Å². The van der Waals surface area contributed by atoms with E-state index in [4.69, 9.17) is 0 Å². The van der Waals surface area contributed by atoms with Crippen LogP contribution in [-0.2, 0) is 0 Å². The van der Waals surface area contributed by atoms with Crippen molar-refractivity contribution in [1.82, 2.24) is 5.76 Å². The molecule has 0 rings (SSSR count). The van der Waals surface area contributed by atoms with E-state index in [0.29, 0.717) is 0 Å². The maximum absolute atomic E-state index is 9.38. The van der Waals surface area contributed by atoms with Crippen LogP contribution in [0.1, 0.15) is 0 Å². The van der Waals surface area contributed by atoms with Gasteiger partial charge in [-0.25, -0.2) is 0 Å². The average Bonchev–Trinajstić information content (AvgIpc) is 0.918. The van der Waals surface area contributed by atoms with Gasteiger partial charge in [-0.15, -0.1) is 8.96 Å². The Bertz CT molecular complexity index is 6.00. The Morgan fingerprint density at radius 2 is 1.25 bits per heavy atom. The standard InChI is InChI=1S/F2HN.Li/c1-3-2;/h3H;. The Kier molecular flexibility index (Phi) is 21.9. The fourth-order valence-corrected chi connectivity index (χ4v) is 0. The van der Waals surface area contributed by atoms with E-state index in [9.17, 15) is 8.96 Å². The summed E-state index contributed by atoms with van der Waals surface area (Å²) in [6, 6.07) is 0. The zero-order chi connectivity index (χ0) is 2.71. The number of hydrogen-bond donors (Lipinski definition) is 1. The van der Waals surface area contributed by atoms with Crippen LogP contribution in [0.5, 0.6) is 0 Å². The van der Waals surface area contributed by atoms with Gasteiger partial charge in [0.2, 0.25) is 0 Å². The summed E-state index contributed by atoms with van der Waals surface area (Å²) in [5.74, 6) is -0.250. The molecule has 0 aromatic rings. The van der Waals surface area contributed by atoms with Gasteiger partial charge in [0, 0.05) is 24.6 Å². The van der Waals surface area contributed by atoms with Crippen molar-refractivity contribution in [3.8, 4) is 0 Å². The van der Waals surface area contributed by atoms with Gasteiger partial charge in [-0.2, -0.15) is 0 Å². The van der Waals surface area contributed by atoms with E-state index >= 15 is 0 Å². The smallest absolute Gasteiger partial charge is 0.00810 e. The zero-order valence-electron chi connectivity index (χ0n) is 2.26. The van der Waals surface area contributed by atoms with Crippen LogP contribution in [0.25, 0.3) is 0 Å². The molecule has 1 N–H and O–H groups in total. The number of halogens is 2. The van der Waals surface area contributed by atoms with E-state index in [1.165, 1.54) is 0 Å². The van der Waals surface area contributed by atoms with Crippen LogP contribution in [0.4, 0.5) is 8.96 Å². The first-order valence-corrected chi connectivity index (χ1v) is 0.378. The van der Waals surface area contributed by atoms with Crippen molar-refractivity contribution >= 4 is 18.9 Å². The number of nitrogens with one attached hydrogen (secondary N) is 1. The molecule has 0 aliphatic rings. The normalized spacial score (nSPS) is 4.50. The minimum Gasteiger partial charge on any atom is -0.105 e. The van der Waals surface area contributed by atoms with E-state index in [0.717, 1.165) is 0 Å². The summed E-state index contributed by atoms with van der Waals surface area (Å²) in [6.45, 7) is 0. The minimum absolute atomic E-state index is 0. The number of hydrogen-bond acceptors (Lipinski definition) is 1. The Morgan fingerprint density at radius 3 is 1.25 bits per heavy atom. The molecular formula is HF2LiN. The molecule has 21 valence electrons. The van der Waals surface area contributed by atoms with Crippen molar-refractivity contribution in [3.63, 3.8) is 0 Å². The van der Waals surface area contributed by atoms with E-state index in [2.05, 4.69) is 0 Å². The molecule has 4 heavy (non-hydrogen) atoms. The van der Waals surface area contributed by atoms with Crippen molar-refractivity contribution in [2.45, 2.75) is 0 Å². The van der Waals surface area contributed by atoms with Crippen LogP contribution in [-0.4, -0.2) is 18.9 Å². The van der Waals surface area contributed by atoms with Gasteiger partial charge in [0.25, 0.3) is 0 Å². The molecule has 0 aliphatic heterocycles. The van der Waals surface area contributed by atoms with Crippen LogP contribution >= 0.6 is 0 Å². The van der Waals surface area contributed by atoms with E-state index in [1.54, 1.807) is 0 Å². The Labute approximate surface area is 34.4 Å². The van der Waals surface area contributed by atoms with Gasteiger partial charge in [-0.3, -0.25) is 0 Å². The molecule has 4 heteroatoms. The predicted molar refractivity (Wildman–Crippen MR) is 11.1 cm³/mol. The fraction of sp³-hybridized carbons (Fsp3) is 0. The first kappa shape index (κ1) is 8.83. The van der Waals surface area contributed by atoms with Gasteiger partial charge in [-0.1, -0.05) is 0 Å². The summed E-state index contributed by atoms with van der Waals surface area (Å²) in [5.41, 5.74) is 0. The average molecular weight is 60.0 g/mol. The molecule has 0 bridgehead atoms. The fourth-order valence-electron chi connectivity index (χ4n) is 0. The van der Waals surface area contributed by atoms with Crippen molar-refractivity contribution in [3.05, 3.63) is 0 Å². The maximum Gasteiger partial charge on any atom is 0.00810 e. The molecular weight excluding hydrogens is 58.9 g/mol. The molecule has 0 aliphatic carbocycles.